The van der Waals surface area contributed by atoms with Crippen LogP contribution in [0.2, 0.25) is 5.02 Å². The summed E-state index contributed by atoms with van der Waals surface area (Å²) in [6.07, 6.45) is 5.96. The summed E-state index contributed by atoms with van der Waals surface area (Å²) in [5, 5.41) is 4.21. The maximum Gasteiger partial charge on any atom is 0.254 e. The molecule has 1 aromatic carbocycles. The third-order valence-corrected chi connectivity index (χ3v) is 4.90. The van der Waals surface area contributed by atoms with E-state index in [2.05, 4.69) is 10.2 Å². The first-order chi connectivity index (χ1) is 10.1. The first-order valence-electron chi connectivity index (χ1n) is 7.95. The van der Waals surface area contributed by atoms with Crippen LogP contribution in [0.4, 0.5) is 0 Å². The smallest absolute Gasteiger partial charge is 0.254 e. The summed E-state index contributed by atoms with van der Waals surface area (Å²) in [7, 11) is 0. The van der Waals surface area contributed by atoms with Gasteiger partial charge in [0.25, 0.3) is 5.91 Å². The van der Waals surface area contributed by atoms with Gasteiger partial charge in [0.15, 0.2) is 0 Å². The average molecular weight is 307 g/mol. The van der Waals surface area contributed by atoms with Crippen molar-refractivity contribution in [3.8, 4) is 0 Å². The quantitative estimate of drug-likeness (QED) is 0.924. The van der Waals surface area contributed by atoms with Crippen molar-refractivity contribution < 1.29 is 4.79 Å². The van der Waals surface area contributed by atoms with Gasteiger partial charge in [-0.1, -0.05) is 24.1 Å². The zero-order chi connectivity index (χ0) is 14.8. The van der Waals surface area contributed by atoms with Gasteiger partial charge in [0.2, 0.25) is 0 Å². The van der Waals surface area contributed by atoms with Crippen LogP contribution in [-0.4, -0.2) is 36.0 Å². The Balaban J connectivity index is 1.73. The first kappa shape index (κ1) is 14.9. The Hall–Kier alpha value is -1.06. The van der Waals surface area contributed by atoms with Crippen molar-refractivity contribution >= 4 is 17.5 Å². The second kappa shape index (κ2) is 6.37. The predicted octanol–water partition coefficient (Wildman–Crippen LogP) is 3.40. The van der Waals surface area contributed by atoms with Crippen LogP contribution in [0.1, 0.15) is 48.0 Å². The Morgan fingerprint density at radius 1 is 1.33 bits per heavy atom. The standard InChI is InChI=1S/C17H23ClN2O/c1-12-5-6-13(10-16(12)18)17(21)20(15-7-8-15)11-14-4-2-3-9-19-14/h5-6,10,14-15,19H,2-4,7-9,11H2,1H3. The lowest BCUT2D eigenvalue weighted by Crippen LogP contribution is -2.46. The Morgan fingerprint density at radius 3 is 2.76 bits per heavy atom. The topological polar surface area (TPSA) is 32.3 Å². The monoisotopic (exact) mass is 306 g/mol. The first-order valence-corrected chi connectivity index (χ1v) is 8.33. The van der Waals surface area contributed by atoms with E-state index in [0.29, 0.717) is 22.7 Å². The van der Waals surface area contributed by atoms with E-state index in [1.807, 2.05) is 25.1 Å². The molecular weight excluding hydrogens is 284 g/mol. The summed E-state index contributed by atoms with van der Waals surface area (Å²) in [4.78, 5) is 14.9. The molecule has 0 spiro atoms. The van der Waals surface area contributed by atoms with Gasteiger partial charge in [-0.25, -0.2) is 0 Å². The number of rotatable bonds is 4. The average Bonchev–Trinajstić information content (AvgIpc) is 3.33. The third kappa shape index (κ3) is 3.58. The zero-order valence-corrected chi connectivity index (χ0v) is 13.3. The molecule has 0 bridgehead atoms. The maximum absolute atomic E-state index is 12.8. The van der Waals surface area contributed by atoms with Gasteiger partial charge < -0.3 is 10.2 Å². The molecule has 0 radical (unpaired) electrons. The number of hydrogen-bond donors (Lipinski definition) is 1. The highest BCUT2D eigenvalue weighted by atomic mass is 35.5. The van der Waals surface area contributed by atoms with E-state index in [9.17, 15) is 4.79 Å². The Bertz CT molecular complexity index is 522. The molecule has 4 heteroatoms. The molecule has 1 atom stereocenters. The van der Waals surface area contributed by atoms with E-state index in [-0.39, 0.29) is 5.91 Å². The highest BCUT2D eigenvalue weighted by molar-refractivity contribution is 6.31. The number of nitrogens with one attached hydrogen (secondary N) is 1. The van der Waals surface area contributed by atoms with Crippen molar-refractivity contribution in [3.63, 3.8) is 0 Å². The van der Waals surface area contributed by atoms with Gasteiger partial charge in [0.05, 0.1) is 0 Å². The van der Waals surface area contributed by atoms with E-state index in [4.69, 9.17) is 11.6 Å². The lowest BCUT2D eigenvalue weighted by atomic mass is 10.0. The molecule has 1 aliphatic carbocycles. The van der Waals surface area contributed by atoms with Gasteiger partial charge in [0.1, 0.15) is 0 Å². The van der Waals surface area contributed by atoms with Crippen LogP contribution in [0.15, 0.2) is 18.2 Å². The van der Waals surface area contributed by atoms with Gasteiger partial charge in [-0.05, 0) is 56.8 Å². The second-order valence-electron chi connectivity index (χ2n) is 6.30. The van der Waals surface area contributed by atoms with Crippen molar-refractivity contribution in [2.45, 2.75) is 51.1 Å². The summed E-state index contributed by atoms with van der Waals surface area (Å²) in [5.41, 5.74) is 1.73. The summed E-state index contributed by atoms with van der Waals surface area (Å²) < 4.78 is 0. The van der Waals surface area contributed by atoms with Crippen molar-refractivity contribution in [2.75, 3.05) is 13.1 Å². The highest BCUT2D eigenvalue weighted by Crippen LogP contribution is 2.30. The van der Waals surface area contributed by atoms with E-state index < -0.39 is 0 Å². The molecule has 2 fully saturated rings. The molecular formula is C17H23ClN2O. The van der Waals surface area contributed by atoms with Gasteiger partial charge in [-0.2, -0.15) is 0 Å². The van der Waals surface area contributed by atoms with E-state index in [1.165, 1.54) is 19.3 Å². The van der Waals surface area contributed by atoms with Gasteiger partial charge >= 0.3 is 0 Å². The SMILES string of the molecule is Cc1ccc(C(=O)N(CC2CCCCN2)C2CC2)cc1Cl. The maximum atomic E-state index is 12.8. The van der Waals surface area contributed by atoms with Gasteiger partial charge in [-0.3, -0.25) is 4.79 Å². The Kier molecular flexibility index (Phi) is 4.51. The summed E-state index contributed by atoms with van der Waals surface area (Å²) in [6.45, 7) is 3.86. The van der Waals surface area contributed by atoms with Crippen LogP contribution in [0.3, 0.4) is 0 Å². The zero-order valence-electron chi connectivity index (χ0n) is 12.6. The van der Waals surface area contributed by atoms with E-state index in [0.717, 1.165) is 31.5 Å². The normalized spacial score (nSPS) is 22.1. The molecule has 1 heterocycles. The lowest BCUT2D eigenvalue weighted by molar-refractivity contribution is 0.0718. The molecule has 3 nitrogen and oxygen atoms in total. The third-order valence-electron chi connectivity index (χ3n) is 4.50. The fourth-order valence-electron chi connectivity index (χ4n) is 2.99. The number of nitrogens with zero attached hydrogens (tertiary/aromatic N) is 1. The number of piperidine rings is 1. The largest absolute Gasteiger partial charge is 0.334 e. The van der Waals surface area contributed by atoms with Gasteiger partial charge in [-0.15, -0.1) is 0 Å². The molecule has 1 saturated carbocycles. The van der Waals surface area contributed by atoms with Crippen LogP contribution < -0.4 is 5.32 Å². The van der Waals surface area contributed by atoms with E-state index in [1.54, 1.807) is 0 Å². The van der Waals surface area contributed by atoms with Crippen LogP contribution in [0, 0.1) is 6.92 Å². The van der Waals surface area contributed by atoms with Crippen molar-refractivity contribution in [1.82, 2.24) is 10.2 Å². The predicted molar refractivity (Wildman–Crippen MR) is 85.9 cm³/mol. The molecule has 1 unspecified atom stereocenters. The fraction of sp³-hybridized carbons (Fsp3) is 0.588. The minimum Gasteiger partial charge on any atom is -0.334 e. The number of aryl methyl sites for hydroxylation is 1. The molecule has 21 heavy (non-hydrogen) atoms. The number of halogens is 1. The molecule has 1 N–H and O–H groups in total. The van der Waals surface area contributed by atoms with Gasteiger partial charge in [0, 0.05) is 29.2 Å². The number of benzene rings is 1. The molecule has 0 aromatic heterocycles. The highest BCUT2D eigenvalue weighted by Gasteiger charge is 2.34. The Labute approximate surface area is 131 Å². The minimum atomic E-state index is 0.131. The Morgan fingerprint density at radius 2 is 2.14 bits per heavy atom. The summed E-state index contributed by atoms with van der Waals surface area (Å²) >= 11 is 6.17. The molecule has 3 rings (SSSR count). The number of amides is 1. The molecule has 1 aliphatic heterocycles. The van der Waals surface area contributed by atoms with E-state index >= 15 is 0 Å². The van der Waals surface area contributed by atoms with Crippen molar-refractivity contribution in [2.24, 2.45) is 0 Å². The van der Waals surface area contributed by atoms with Crippen molar-refractivity contribution in [1.29, 1.82) is 0 Å². The van der Waals surface area contributed by atoms with Crippen LogP contribution >= 0.6 is 11.6 Å². The second-order valence-corrected chi connectivity index (χ2v) is 6.71. The fourth-order valence-corrected chi connectivity index (χ4v) is 3.17. The molecule has 1 saturated heterocycles. The molecule has 114 valence electrons. The minimum absolute atomic E-state index is 0.131. The van der Waals surface area contributed by atoms with Crippen LogP contribution in [0.25, 0.3) is 0 Å². The lowest BCUT2D eigenvalue weighted by Gasteiger charge is -2.31. The molecule has 2 aliphatic rings. The number of hydrogen-bond acceptors (Lipinski definition) is 2. The summed E-state index contributed by atoms with van der Waals surface area (Å²) in [5.74, 6) is 0.131. The van der Waals surface area contributed by atoms with Crippen molar-refractivity contribution in [3.05, 3.63) is 34.3 Å². The molecule has 1 amide bonds. The number of carbonyl (C=O) groups is 1. The number of carbonyl (C=O) groups excluding carboxylic acids is 1. The molecule has 1 aromatic rings. The van der Waals surface area contributed by atoms with Crippen LogP contribution in [0.5, 0.6) is 0 Å². The summed E-state index contributed by atoms with van der Waals surface area (Å²) in [6, 6.07) is 6.51. The van der Waals surface area contributed by atoms with Crippen LogP contribution in [-0.2, 0) is 0 Å².